The van der Waals surface area contributed by atoms with Gasteiger partial charge in [0, 0.05) is 63.2 Å². The summed E-state index contributed by atoms with van der Waals surface area (Å²) >= 11 is 6.50. The fraction of sp³-hybridized carbons (Fsp3) is 0.552. The number of amides is 1. The Kier molecular flexibility index (Phi) is 8.88. The van der Waals surface area contributed by atoms with Gasteiger partial charge < -0.3 is 20.4 Å². The van der Waals surface area contributed by atoms with Gasteiger partial charge in [0.25, 0.3) is 11.8 Å². The summed E-state index contributed by atoms with van der Waals surface area (Å²) in [5, 5.41) is 5.84. The Bertz CT molecular complexity index is 1420. The number of likely N-dealkylation sites (N-methyl/N-ethyl adjacent to an activating group) is 1. The number of piperidine rings is 1. The predicted molar refractivity (Wildman–Crippen MR) is 157 cm³/mol. The topological polar surface area (TPSA) is 76.1 Å². The van der Waals surface area contributed by atoms with Crippen molar-refractivity contribution in [2.45, 2.75) is 56.4 Å². The van der Waals surface area contributed by atoms with Crippen molar-refractivity contribution in [1.29, 1.82) is 0 Å². The molecule has 43 heavy (non-hydrogen) atoms. The lowest BCUT2D eigenvalue weighted by Gasteiger charge is -2.40. The van der Waals surface area contributed by atoms with E-state index < -0.39 is 35.9 Å². The lowest BCUT2D eigenvalue weighted by atomic mass is 9.95. The Hall–Kier alpha value is -3.03. The first kappa shape index (κ1) is 31.4. The minimum absolute atomic E-state index is 0.0142. The van der Waals surface area contributed by atoms with Gasteiger partial charge in [-0.3, -0.25) is 14.7 Å². The molecule has 1 aromatic carbocycles. The Labute approximate surface area is 251 Å². The lowest BCUT2D eigenvalue weighted by molar-refractivity contribution is -0.0633. The van der Waals surface area contributed by atoms with E-state index in [0.717, 1.165) is 25.3 Å². The number of carbonyl (C=O) groups is 1. The van der Waals surface area contributed by atoms with Crippen molar-refractivity contribution in [3.8, 4) is 0 Å². The first-order chi connectivity index (χ1) is 20.2. The molecule has 234 valence electrons. The zero-order valence-electron chi connectivity index (χ0n) is 24.2. The Morgan fingerprint density at radius 2 is 1.91 bits per heavy atom. The average molecular weight is 628 g/mol. The summed E-state index contributed by atoms with van der Waals surface area (Å²) in [4.78, 5) is 28.3. The summed E-state index contributed by atoms with van der Waals surface area (Å²) in [5.41, 5.74) is 1.27. The molecule has 2 saturated heterocycles. The molecule has 14 heteroatoms. The standard InChI is InChI=1S/C29H35ClF5N7O/c1-17-20(14-37-27(38-17)29(33,34)35)23(41-12-9-28(31,32)10-13-41)15-36-26(43)25-19-4-7-24(39-22(19)6-5-21(25)30)42-11-8-18(16-42)40(2)3/h4-7,14,17-18,23H,8-13,15-16H2,1-3H3,(H,36,43)(H,37,38). The van der Waals surface area contributed by atoms with E-state index in [4.69, 9.17) is 16.6 Å². The van der Waals surface area contributed by atoms with Crippen LogP contribution in [-0.4, -0.2) is 104 Å². The van der Waals surface area contributed by atoms with Gasteiger partial charge in [-0.05, 0) is 57.3 Å². The Morgan fingerprint density at radius 3 is 2.53 bits per heavy atom. The number of nitrogens with one attached hydrogen (secondary N) is 2. The number of nitrogens with zero attached hydrogens (tertiary/aromatic N) is 5. The highest BCUT2D eigenvalue weighted by Crippen LogP contribution is 2.32. The molecule has 2 fully saturated rings. The number of alkyl halides is 5. The van der Waals surface area contributed by atoms with Crippen molar-refractivity contribution in [2.24, 2.45) is 4.99 Å². The molecule has 3 aliphatic rings. The number of halogens is 6. The molecule has 0 saturated carbocycles. The van der Waals surface area contributed by atoms with E-state index in [2.05, 4.69) is 39.5 Å². The minimum Gasteiger partial charge on any atom is -0.355 e. The van der Waals surface area contributed by atoms with Crippen LogP contribution >= 0.6 is 11.6 Å². The molecular formula is C29H35ClF5N7O. The Balaban J connectivity index is 1.37. The van der Waals surface area contributed by atoms with Crippen LogP contribution in [0, 0.1) is 0 Å². The molecule has 3 atom stereocenters. The van der Waals surface area contributed by atoms with Gasteiger partial charge in [-0.15, -0.1) is 0 Å². The van der Waals surface area contributed by atoms with E-state index in [1.54, 1.807) is 17.0 Å². The fourth-order valence-electron chi connectivity index (χ4n) is 5.95. The van der Waals surface area contributed by atoms with Crippen LogP contribution in [0.1, 0.15) is 36.5 Å². The number of pyridine rings is 1. The number of benzene rings is 1. The van der Waals surface area contributed by atoms with Gasteiger partial charge in [-0.1, -0.05) is 11.6 Å². The molecule has 2 N–H and O–H groups in total. The van der Waals surface area contributed by atoms with Crippen molar-refractivity contribution < 1.29 is 26.7 Å². The van der Waals surface area contributed by atoms with Gasteiger partial charge in [-0.25, -0.2) is 13.8 Å². The summed E-state index contributed by atoms with van der Waals surface area (Å²) in [5.74, 6) is -3.64. The molecule has 0 spiro atoms. The van der Waals surface area contributed by atoms with Gasteiger partial charge in [0.05, 0.1) is 28.2 Å². The molecule has 0 bridgehead atoms. The first-order valence-electron chi connectivity index (χ1n) is 14.3. The van der Waals surface area contributed by atoms with Crippen LogP contribution in [0.3, 0.4) is 0 Å². The Morgan fingerprint density at radius 1 is 1.19 bits per heavy atom. The second-order valence-corrected chi connectivity index (χ2v) is 12.0. The van der Waals surface area contributed by atoms with Crippen LogP contribution in [0.4, 0.5) is 27.8 Å². The molecular weight excluding hydrogens is 593 g/mol. The molecule has 3 aliphatic heterocycles. The maximum Gasteiger partial charge on any atom is 0.449 e. The van der Waals surface area contributed by atoms with Crippen molar-refractivity contribution in [1.82, 2.24) is 25.4 Å². The SMILES string of the molecule is CC1N=C(C(F)(F)F)NC=C1C(CNC(=O)c1c(Cl)ccc2nc(N3CCC(N(C)C)C3)ccc12)N1CCC(F)(F)CC1. The van der Waals surface area contributed by atoms with Crippen LogP contribution in [0.2, 0.25) is 5.02 Å². The average Bonchev–Trinajstić information content (AvgIpc) is 3.44. The number of aliphatic imine (C=N–C) groups is 1. The molecule has 1 amide bonds. The zero-order chi connectivity index (χ0) is 31.1. The van der Waals surface area contributed by atoms with Crippen LogP contribution in [0.25, 0.3) is 10.9 Å². The van der Waals surface area contributed by atoms with E-state index in [1.807, 2.05) is 12.1 Å². The van der Waals surface area contributed by atoms with Crippen molar-refractivity contribution in [3.05, 3.63) is 46.6 Å². The van der Waals surface area contributed by atoms with Gasteiger partial charge in [-0.2, -0.15) is 13.2 Å². The number of amidine groups is 1. The van der Waals surface area contributed by atoms with Gasteiger partial charge in [0.1, 0.15) is 5.82 Å². The third kappa shape index (κ3) is 6.88. The normalized spacial score (nSPS) is 23.6. The molecule has 4 heterocycles. The number of anilines is 1. The smallest absolute Gasteiger partial charge is 0.355 e. The van der Waals surface area contributed by atoms with Crippen LogP contribution < -0.4 is 15.5 Å². The fourth-order valence-corrected chi connectivity index (χ4v) is 6.20. The quantitative estimate of drug-likeness (QED) is 0.434. The monoisotopic (exact) mass is 627 g/mol. The molecule has 0 aliphatic carbocycles. The maximum absolute atomic E-state index is 14.0. The van der Waals surface area contributed by atoms with E-state index >= 15 is 0 Å². The minimum atomic E-state index is -4.66. The molecule has 5 rings (SSSR count). The van der Waals surface area contributed by atoms with Gasteiger partial charge in [0.2, 0.25) is 5.84 Å². The number of carbonyl (C=O) groups excluding carboxylic acids is 1. The van der Waals surface area contributed by atoms with Crippen molar-refractivity contribution in [2.75, 3.05) is 51.7 Å². The number of likely N-dealkylation sites (tertiary alicyclic amines) is 1. The lowest BCUT2D eigenvalue weighted by Crippen LogP contribution is -2.52. The summed E-state index contributed by atoms with van der Waals surface area (Å²) in [7, 11) is 4.10. The predicted octanol–water partition coefficient (Wildman–Crippen LogP) is 4.69. The first-order valence-corrected chi connectivity index (χ1v) is 14.6. The summed E-state index contributed by atoms with van der Waals surface area (Å²) in [6.45, 7) is 3.20. The summed E-state index contributed by atoms with van der Waals surface area (Å²) < 4.78 is 67.7. The van der Waals surface area contributed by atoms with Crippen molar-refractivity contribution in [3.63, 3.8) is 0 Å². The second kappa shape index (κ2) is 12.2. The number of aromatic nitrogens is 1. The van der Waals surface area contributed by atoms with Crippen LogP contribution in [0.15, 0.2) is 41.0 Å². The van der Waals surface area contributed by atoms with E-state index in [-0.39, 0.29) is 43.1 Å². The van der Waals surface area contributed by atoms with Crippen LogP contribution in [-0.2, 0) is 0 Å². The largest absolute Gasteiger partial charge is 0.449 e. The molecule has 8 nitrogen and oxygen atoms in total. The molecule has 0 radical (unpaired) electrons. The van der Waals surface area contributed by atoms with Crippen LogP contribution in [0.5, 0.6) is 0 Å². The van der Waals surface area contributed by atoms with Crippen molar-refractivity contribution >= 4 is 40.1 Å². The highest BCUT2D eigenvalue weighted by atomic mass is 35.5. The highest BCUT2D eigenvalue weighted by molar-refractivity contribution is 6.35. The summed E-state index contributed by atoms with van der Waals surface area (Å²) in [6, 6.07) is 5.91. The number of rotatable bonds is 7. The molecule has 1 aromatic heterocycles. The zero-order valence-corrected chi connectivity index (χ0v) is 24.9. The third-order valence-electron chi connectivity index (χ3n) is 8.51. The third-order valence-corrected chi connectivity index (χ3v) is 8.83. The number of fused-ring (bicyclic) bond motifs is 1. The number of hydrogen-bond acceptors (Lipinski definition) is 7. The number of hydrogen-bond donors (Lipinski definition) is 2. The van der Waals surface area contributed by atoms with Gasteiger partial charge >= 0.3 is 6.18 Å². The van der Waals surface area contributed by atoms with E-state index in [1.165, 1.54) is 13.1 Å². The highest BCUT2D eigenvalue weighted by Gasteiger charge is 2.41. The van der Waals surface area contributed by atoms with E-state index in [9.17, 15) is 26.7 Å². The summed E-state index contributed by atoms with van der Waals surface area (Å²) in [6.07, 6.45) is -3.20. The molecule has 3 unspecified atom stereocenters. The van der Waals surface area contributed by atoms with Gasteiger partial charge in [0.15, 0.2) is 0 Å². The second-order valence-electron chi connectivity index (χ2n) is 11.6. The van der Waals surface area contributed by atoms with E-state index in [0.29, 0.717) is 22.5 Å². The molecule has 2 aromatic rings. The maximum atomic E-state index is 14.0.